The molecule has 1 aliphatic carbocycles. The van der Waals surface area contributed by atoms with E-state index in [1.807, 2.05) is 41.2 Å². The summed E-state index contributed by atoms with van der Waals surface area (Å²) in [6.07, 6.45) is 6.66. The first-order valence-corrected chi connectivity index (χ1v) is 5.65. The van der Waals surface area contributed by atoms with E-state index < -0.39 is 0 Å². The molecule has 0 bridgehead atoms. The Labute approximate surface area is 94.5 Å². The second kappa shape index (κ2) is 3.63. The molecule has 2 aromatic rings. The van der Waals surface area contributed by atoms with Crippen LogP contribution in [-0.2, 0) is 6.42 Å². The number of benzene rings is 1. The van der Waals surface area contributed by atoms with Crippen molar-refractivity contribution in [3.05, 3.63) is 53.9 Å². The molecule has 0 saturated heterocycles. The maximum Gasteiger partial charge on any atom is 0.165 e. The number of rotatable bonds is 1. The monoisotopic (exact) mass is 211 g/mol. The average Bonchev–Trinajstić information content (AvgIpc) is 2.82. The summed E-state index contributed by atoms with van der Waals surface area (Å²) in [5.74, 6) is 0.283. The quantitative estimate of drug-likeness (QED) is 0.710. The highest BCUT2D eigenvalue weighted by Gasteiger charge is 2.20. The SMILES string of the molecule is O=C1CCCc2cccc(-n3cccc3)c21. The van der Waals surface area contributed by atoms with E-state index in [4.69, 9.17) is 0 Å². The number of ketones is 1. The van der Waals surface area contributed by atoms with Crippen LogP contribution >= 0.6 is 0 Å². The number of aromatic nitrogens is 1. The van der Waals surface area contributed by atoms with Crippen molar-refractivity contribution in [2.24, 2.45) is 0 Å². The van der Waals surface area contributed by atoms with Crippen molar-refractivity contribution in [3.63, 3.8) is 0 Å². The van der Waals surface area contributed by atoms with Gasteiger partial charge in [-0.2, -0.15) is 0 Å². The minimum Gasteiger partial charge on any atom is -0.323 e. The average molecular weight is 211 g/mol. The Morgan fingerprint density at radius 1 is 1.00 bits per heavy atom. The molecule has 1 aliphatic rings. The van der Waals surface area contributed by atoms with Crippen molar-refractivity contribution in [1.82, 2.24) is 4.57 Å². The summed E-state index contributed by atoms with van der Waals surface area (Å²) in [6, 6.07) is 10.1. The van der Waals surface area contributed by atoms with Gasteiger partial charge in [0.2, 0.25) is 0 Å². The fourth-order valence-electron chi connectivity index (χ4n) is 2.39. The van der Waals surface area contributed by atoms with E-state index in [0.29, 0.717) is 6.42 Å². The second-order valence-corrected chi connectivity index (χ2v) is 4.18. The Morgan fingerprint density at radius 2 is 1.81 bits per heavy atom. The number of fused-ring (bicyclic) bond motifs is 1. The van der Waals surface area contributed by atoms with E-state index >= 15 is 0 Å². The van der Waals surface area contributed by atoms with Crippen molar-refractivity contribution >= 4 is 5.78 Å². The zero-order valence-electron chi connectivity index (χ0n) is 9.02. The van der Waals surface area contributed by atoms with Gasteiger partial charge in [0, 0.05) is 24.4 Å². The Hall–Kier alpha value is -1.83. The topological polar surface area (TPSA) is 22.0 Å². The summed E-state index contributed by atoms with van der Waals surface area (Å²) in [5, 5.41) is 0. The maximum absolute atomic E-state index is 12.0. The van der Waals surface area contributed by atoms with Crippen molar-refractivity contribution in [2.75, 3.05) is 0 Å². The molecule has 0 saturated carbocycles. The van der Waals surface area contributed by atoms with Crippen molar-refractivity contribution in [2.45, 2.75) is 19.3 Å². The van der Waals surface area contributed by atoms with E-state index in [1.165, 1.54) is 5.56 Å². The summed E-state index contributed by atoms with van der Waals surface area (Å²) in [5.41, 5.74) is 3.14. The summed E-state index contributed by atoms with van der Waals surface area (Å²) in [7, 11) is 0. The van der Waals surface area contributed by atoms with Gasteiger partial charge in [0.25, 0.3) is 0 Å². The molecule has 16 heavy (non-hydrogen) atoms. The molecule has 2 nitrogen and oxygen atoms in total. The van der Waals surface area contributed by atoms with Crippen LogP contribution in [0.25, 0.3) is 5.69 Å². The second-order valence-electron chi connectivity index (χ2n) is 4.18. The Bertz CT molecular complexity index is 526. The van der Waals surface area contributed by atoms with Gasteiger partial charge in [-0.25, -0.2) is 0 Å². The van der Waals surface area contributed by atoms with E-state index in [0.717, 1.165) is 24.1 Å². The van der Waals surface area contributed by atoms with Gasteiger partial charge < -0.3 is 4.57 Å². The maximum atomic E-state index is 12.0. The third-order valence-corrected chi connectivity index (χ3v) is 3.14. The Balaban J connectivity index is 2.23. The van der Waals surface area contributed by atoms with Crippen LogP contribution in [-0.4, -0.2) is 10.4 Å². The van der Waals surface area contributed by atoms with Crippen LogP contribution in [0.15, 0.2) is 42.7 Å². The van der Waals surface area contributed by atoms with Gasteiger partial charge in [-0.15, -0.1) is 0 Å². The van der Waals surface area contributed by atoms with Crippen LogP contribution in [0.4, 0.5) is 0 Å². The van der Waals surface area contributed by atoms with Gasteiger partial charge in [-0.3, -0.25) is 4.79 Å². The van der Waals surface area contributed by atoms with Crippen LogP contribution in [0.3, 0.4) is 0 Å². The first-order valence-electron chi connectivity index (χ1n) is 5.65. The number of Topliss-reactive ketones (excluding diaryl/α,β-unsaturated/α-hetero) is 1. The largest absolute Gasteiger partial charge is 0.323 e. The van der Waals surface area contributed by atoms with E-state index in [-0.39, 0.29) is 5.78 Å². The number of nitrogens with zero attached hydrogens (tertiary/aromatic N) is 1. The lowest BCUT2D eigenvalue weighted by molar-refractivity contribution is 0.0972. The Kier molecular flexibility index (Phi) is 2.13. The Morgan fingerprint density at radius 3 is 2.62 bits per heavy atom. The number of carbonyl (C=O) groups excluding carboxylic acids is 1. The minimum absolute atomic E-state index is 0.283. The molecule has 1 aromatic heterocycles. The molecule has 0 fully saturated rings. The molecule has 0 unspecified atom stereocenters. The standard InChI is InChI=1S/C14H13NO/c16-13-8-4-6-11-5-3-7-12(14(11)13)15-9-1-2-10-15/h1-3,5,7,9-10H,4,6,8H2. The fraction of sp³-hybridized carbons (Fsp3) is 0.214. The lowest BCUT2D eigenvalue weighted by Crippen LogP contribution is -2.14. The van der Waals surface area contributed by atoms with Gasteiger partial charge in [0.15, 0.2) is 5.78 Å². The van der Waals surface area contributed by atoms with Crippen LogP contribution < -0.4 is 0 Å². The van der Waals surface area contributed by atoms with Gasteiger partial charge in [0.1, 0.15) is 0 Å². The zero-order valence-corrected chi connectivity index (χ0v) is 9.02. The molecular weight excluding hydrogens is 198 g/mol. The van der Waals surface area contributed by atoms with E-state index in [1.54, 1.807) is 0 Å². The summed E-state index contributed by atoms with van der Waals surface area (Å²) in [4.78, 5) is 12.0. The minimum atomic E-state index is 0.283. The van der Waals surface area contributed by atoms with Crippen LogP contribution in [0, 0.1) is 0 Å². The highest BCUT2D eigenvalue weighted by atomic mass is 16.1. The van der Waals surface area contributed by atoms with Gasteiger partial charge >= 0.3 is 0 Å². The van der Waals surface area contributed by atoms with Crippen LogP contribution in [0.1, 0.15) is 28.8 Å². The summed E-state index contributed by atoms with van der Waals surface area (Å²) < 4.78 is 2.02. The molecule has 0 aliphatic heterocycles. The molecule has 0 N–H and O–H groups in total. The molecule has 1 heterocycles. The van der Waals surface area contributed by atoms with E-state index in [9.17, 15) is 4.79 Å². The first kappa shape index (κ1) is 9.40. The highest BCUT2D eigenvalue weighted by Crippen LogP contribution is 2.26. The molecule has 2 heteroatoms. The normalized spacial score (nSPS) is 14.9. The van der Waals surface area contributed by atoms with Gasteiger partial charge in [-0.05, 0) is 36.6 Å². The van der Waals surface area contributed by atoms with E-state index in [2.05, 4.69) is 6.07 Å². The lowest BCUT2D eigenvalue weighted by Gasteiger charge is -2.18. The predicted molar refractivity (Wildman–Crippen MR) is 63.0 cm³/mol. The highest BCUT2D eigenvalue weighted by molar-refractivity contribution is 6.01. The van der Waals surface area contributed by atoms with Gasteiger partial charge in [0.05, 0.1) is 5.69 Å². The molecule has 80 valence electrons. The molecule has 0 radical (unpaired) electrons. The molecule has 0 spiro atoms. The number of hydrogen-bond acceptors (Lipinski definition) is 1. The zero-order chi connectivity index (χ0) is 11.0. The molecular formula is C14H13NO. The van der Waals surface area contributed by atoms with Crippen molar-refractivity contribution in [1.29, 1.82) is 0 Å². The molecule has 3 rings (SSSR count). The summed E-state index contributed by atoms with van der Waals surface area (Å²) in [6.45, 7) is 0. The molecule has 0 amide bonds. The summed E-state index contributed by atoms with van der Waals surface area (Å²) >= 11 is 0. The van der Waals surface area contributed by atoms with Crippen LogP contribution in [0.2, 0.25) is 0 Å². The first-order chi connectivity index (χ1) is 7.86. The number of hydrogen-bond donors (Lipinski definition) is 0. The van der Waals surface area contributed by atoms with Crippen molar-refractivity contribution < 1.29 is 4.79 Å². The third kappa shape index (κ3) is 1.38. The number of carbonyl (C=O) groups is 1. The molecule has 0 atom stereocenters. The number of aryl methyl sites for hydroxylation is 1. The fourth-order valence-corrected chi connectivity index (χ4v) is 2.39. The smallest absolute Gasteiger partial charge is 0.165 e. The third-order valence-electron chi connectivity index (χ3n) is 3.14. The lowest BCUT2D eigenvalue weighted by atomic mass is 9.89. The van der Waals surface area contributed by atoms with Crippen molar-refractivity contribution in [3.8, 4) is 5.69 Å². The van der Waals surface area contributed by atoms with Gasteiger partial charge in [-0.1, -0.05) is 12.1 Å². The molecule has 1 aromatic carbocycles. The predicted octanol–water partition coefficient (Wildman–Crippen LogP) is 3.00. The van der Waals surface area contributed by atoms with Crippen LogP contribution in [0.5, 0.6) is 0 Å².